The molecule has 0 N–H and O–H groups in total. The number of aryl methyl sites for hydroxylation is 2. The fourth-order valence-electron chi connectivity index (χ4n) is 5.91. The van der Waals surface area contributed by atoms with Crippen molar-refractivity contribution in [2.45, 2.75) is 38.8 Å². The van der Waals surface area contributed by atoms with Crippen LogP contribution >= 0.6 is 0 Å². The van der Waals surface area contributed by atoms with E-state index < -0.39 is 25.8 Å². The van der Waals surface area contributed by atoms with Crippen LogP contribution in [-0.4, -0.2) is 5.43 Å². The van der Waals surface area contributed by atoms with Gasteiger partial charge >= 0.3 is 201 Å². The molecule has 0 heterocycles. The van der Waals surface area contributed by atoms with Crippen molar-refractivity contribution in [3.63, 3.8) is 0 Å². The molecule has 2 unspecified atom stereocenters. The molecule has 4 heteroatoms. The summed E-state index contributed by atoms with van der Waals surface area (Å²) >= 11 is -2.21. The van der Waals surface area contributed by atoms with Crippen LogP contribution < -0.4 is 24.8 Å². The van der Waals surface area contributed by atoms with Gasteiger partial charge in [0.1, 0.15) is 0 Å². The molecular weight excluding hydrogens is 551 g/mol. The van der Waals surface area contributed by atoms with E-state index in [4.69, 9.17) is 0 Å². The standard InChI is InChI=1S/2C14H11.C2H6Si.2ClH.Zr/c2*1-10-6-7-14-12(8-10)9-11-4-2-3-5-13(11)14;1-3-2;;;/h2*2-8,13H,1H3;1-2H3;2*1H;/q;;;;;+2/p-2. The number of benzene rings is 2. The van der Waals surface area contributed by atoms with Crippen LogP contribution in [0.2, 0.25) is 13.1 Å². The van der Waals surface area contributed by atoms with Gasteiger partial charge in [-0.1, -0.05) is 0 Å². The van der Waals surface area contributed by atoms with Gasteiger partial charge < -0.3 is 24.8 Å². The summed E-state index contributed by atoms with van der Waals surface area (Å²) in [4.78, 5) is 0. The third-order valence-corrected chi connectivity index (χ3v) is 23.8. The van der Waals surface area contributed by atoms with Crippen LogP contribution in [0, 0.1) is 13.8 Å². The van der Waals surface area contributed by atoms with Crippen LogP contribution in [0.1, 0.15) is 45.2 Å². The largest absolute Gasteiger partial charge is 1.00 e. The van der Waals surface area contributed by atoms with E-state index in [9.17, 15) is 0 Å². The summed E-state index contributed by atoms with van der Waals surface area (Å²) in [7, 11) is 0. The minimum atomic E-state index is -2.21. The molecule has 0 spiro atoms. The Balaban J connectivity index is 0.00000137. The zero-order valence-corrected chi connectivity index (χ0v) is 25.0. The van der Waals surface area contributed by atoms with Crippen molar-refractivity contribution in [3.05, 3.63) is 130 Å². The Morgan fingerprint density at radius 2 is 1.09 bits per heavy atom. The summed E-state index contributed by atoms with van der Waals surface area (Å²) in [6.07, 6.45) is 18.7. The Morgan fingerprint density at radius 3 is 1.50 bits per heavy atom. The van der Waals surface area contributed by atoms with Crippen LogP contribution in [-0.2, 0) is 20.4 Å². The predicted molar refractivity (Wildman–Crippen MR) is 136 cm³/mol. The Bertz CT molecular complexity index is 1310. The second kappa shape index (κ2) is 9.90. The molecule has 6 rings (SSSR count). The zero-order chi connectivity index (χ0) is 22.0. The number of hydrogen-bond acceptors (Lipinski definition) is 0. The van der Waals surface area contributed by atoms with Gasteiger partial charge in [0.25, 0.3) is 0 Å². The maximum atomic E-state index is 2.59. The fourth-order valence-corrected chi connectivity index (χ4v) is 23.2. The van der Waals surface area contributed by atoms with Gasteiger partial charge in [0.05, 0.1) is 0 Å². The molecule has 34 heavy (non-hydrogen) atoms. The van der Waals surface area contributed by atoms with Crippen LogP contribution in [0.25, 0.3) is 6.56 Å². The SMILES string of the molecule is Cc1ccc2c(c1)[C]([Zr+2]([C]1=C3C=CC=CC3c3ccc(C)cc31)=[Si](C)C)=C1C=CC=CC12.[Cl-].[Cl-]. The van der Waals surface area contributed by atoms with Gasteiger partial charge in [-0.05, 0) is 0 Å². The van der Waals surface area contributed by atoms with Gasteiger partial charge in [0.15, 0.2) is 0 Å². The molecule has 2 aromatic rings. The average molecular weight is 579 g/mol. The minimum Gasteiger partial charge on any atom is -1.00 e. The predicted octanol–water partition coefficient (Wildman–Crippen LogP) is 1.75. The average Bonchev–Trinajstić information content (AvgIpc) is 3.27. The van der Waals surface area contributed by atoms with Crippen molar-refractivity contribution in [2.75, 3.05) is 0 Å². The van der Waals surface area contributed by atoms with E-state index in [0.29, 0.717) is 11.8 Å². The Labute approximate surface area is 224 Å². The molecule has 4 aliphatic rings. The molecule has 0 saturated carbocycles. The molecule has 2 aromatic carbocycles. The summed E-state index contributed by atoms with van der Waals surface area (Å²) in [6.45, 7) is 9.70. The van der Waals surface area contributed by atoms with E-state index in [-0.39, 0.29) is 24.8 Å². The van der Waals surface area contributed by atoms with Gasteiger partial charge in [-0.3, -0.25) is 0 Å². The van der Waals surface area contributed by atoms with Crippen molar-refractivity contribution in [3.8, 4) is 0 Å². The first-order chi connectivity index (χ1) is 15.5. The molecule has 0 aromatic heterocycles. The van der Waals surface area contributed by atoms with Gasteiger partial charge in [-0.2, -0.15) is 0 Å². The normalized spacial score (nSPS) is 20.1. The first kappa shape index (κ1) is 25.6. The van der Waals surface area contributed by atoms with Gasteiger partial charge in [-0.25, -0.2) is 0 Å². The molecule has 0 saturated heterocycles. The van der Waals surface area contributed by atoms with Crippen molar-refractivity contribution < 1.29 is 45.2 Å². The third kappa shape index (κ3) is 3.92. The molecule has 0 nitrogen and oxygen atoms in total. The van der Waals surface area contributed by atoms with Crippen molar-refractivity contribution >= 4 is 12.0 Å². The monoisotopic (exact) mass is 576 g/mol. The Hall–Kier alpha value is -1.44. The molecule has 0 bridgehead atoms. The summed E-state index contributed by atoms with van der Waals surface area (Å²) < 4.78 is 3.57. The van der Waals surface area contributed by atoms with Crippen molar-refractivity contribution in [1.82, 2.24) is 0 Å². The fraction of sp³-hybridized carbons (Fsp3) is 0.200. The smallest absolute Gasteiger partial charge is 1.00 e. The number of fused-ring (bicyclic) bond motifs is 6. The second-order valence-corrected chi connectivity index (χ2v) is 26.3. The first-order valence-electron chi connectivity index (χ1n) is 11.6. The summed E-state index contributed by atoms with van der Waals surface area (Å²) in [5.74, 6) is 0.897. The Morgan fingerprint density at radius 1 is 0.647 bits per heavy atom. The molecule has 0 radical (unpaired) electrons. The van der Waals surface area contributed by atoms with Gasteiger partial charge in [-0.15, -0.1) is 0 Å². The summed E-state index contributed by atoms with van der Waals surface area (Å²) in [5.41, 5.74) is 11.7. The molecule has 4 aliphatic carbocycles. The van der Waals surface area contributed by atoms with E-state index in [2.05, 4.69) is 112 Å². The topological polar surface area (TPSA) is 0 Å². The molecule has 0 amide bonds. The van der Waals surface area contributed by atoms with E-state index in [1.807, 2.05) is 0 Å². The zero-order valence-electron chi connectivity index (χ0n) is 20.0. The molecular formula is C30H28Cl2SiZr. The number of rotatable bonds is 2. The van der Waals surface area contributed by atoms with Crippen molar-refractivity contribution in [1.29, 1.82) is 0 Å². The Kier molecular flexibility index (Phi) is 7.47. The van der Waals surface area contributed by atoms with Gasteiger partial charge in [0.2, 0.25) is 0 Å². The maximum absolute atomic E-state index is 2.59. The maximum Gasteiger partial charge on any atom is -1.00 e. The van der Waals surface area contributed by atoms with E-state index in [1.54, 1.807) is 28.8 Å². The van der Waals surface area contributed by atoms with Crippen LogP contribution in [0.5, 0.6) is 0 Å². The van der Waals surface area contributed by atoms with E-state index >= 15 is 0 Å². The number of hydrogen-bond donors (Lipinski definition) is 0. The number of halogens is 2. The summed E-state index contributed by atoms with van der Waals surface area (Å²) in [5, 5.41) is 0. The van der Waals surface area contributed by atoms with Gasteiger partial charge in [0, 0.05) is 0 Å². The van der Waals surface area contributed by atoms with E-state index in [0.717, 1.165) is 0 Å². The quantitative estimate of drug-likeness (QED) is 0.477. The van der Waals surface area contributed by atoms with E-state index in [1.165, 1.54) is 22.3 Å². The van der Waals surface area contributed by atoms with Crippen LogP contribution in [0.3, 0.4) is 0 Å². The molecule has 0 aliphatic heterocycles. The first-order valence-corrected chi connectivity index (χ1v) is 20.3. The molecule has 170 valence electrons. The third-order valence-electron chi connectivity index (χ3n) is 7.25. The minimum absolute atomic E-state index is 0. The molecule has 2 atom stereocenters. The molecule has 0 fully saturated rings. The number of allylic oxidation sites excluding steroid dienone is 10. The van der Waals surface area contributed by atoms with Crippen LogP contribution in [0.15, 0.2) is 96.2 Å². The van der Waals surface area contributed by atoms with Crippen LogP contribution in [0.4, 0.5) is 0 Å². The van der Waals surface area contributed by atoms with Crippen molar-refractivity contribution in [2.24, 2.45) is 0 Å². The summed E-state index contributed by atoms with van der Waals surface area (Å²) in [6, 6.07) is 14.4. The second-order valence-electron chi connectivity index (χ2n) is 9.66.